The fraction of sp³-hybridized carbons (Fsp3) is 0.278. The summed E-state index contributed by atoms with van der Waals surface area (Å²) in [5.74, 6) is -0.0147. The molecule has 0 bridgehead atoms. The van der Waals surface area contributed by atoms with Crippen LogP contribution in [0.1, 0.15) is 10.4 Å². The van der Waals surface area contributed by atoms with Gasteiger partial charge in [0.15, 0.2) is 12.4 Å². The lowest BCUT2D eigenvalue weighted by Gasteiger charge is -2.26. The van der Waals surface area contributed by atoms with Crippen LogP contribution in [-0.4, -0.2) is 56.3 Å². The van der Waals surface area contributed by atoms with E-state index in [9.17, 15) is 23.3 Å². The Morgan fingerprint density at radius 2 is 1.68 bits per heavy atom. The molecule has 0 atom stereocenters. The lowest BCUT2D eigenvalue weighted by Crippen LogP contribution is -2.40. The molecule has 1 heterocycles. The van der Waals surface area contributed by atoms with Gasteiger partial charge in [0.2, 0.25) is 10.0 Å². The molecule has 2 aromatic carbocycles. The van der Waals surface area contributed by atoms with Crippen molar-refractivity contribution in [2.45, 2.75) is 4.90 Å². The van der Waals surface area contributed by atoms with Gasteiger partial charge in [-0.15, -0.1) is 0 Å². The minimum atomic E-state index is -3.62. The fourth-order valence-electron chi connectivity index (χ4n) is 2.65. The minimum absolute atomic E-state index is 0.0734. The van der Waals surface area contributed by atoms with Crippen LogP contribution in [0.4, 0.5) is 5.69 Å². The van der Waals surface area contributed by atoms with Crippen LogP contribution in [0.2, 0.25) is 0 Å². The standard InChI is InChI=1S/C18H18N2O7S/c21-18(13-27-16-5-3-15(4-6-16)20(22)23)14-1-7-17(8-2-14)28(24,25)19-9-11-26-12-10-19/h1-8H,9-13H2. The molecule has 0 spiro atoms. The van der Waals surface area contributed by atoms with Crippen LogP contribution < -0.4 is 4.74 Å². The van der Waals surface area contributed by atoms with E-state index in [4.69, 9.17) is 9.47 Å². The Hall–Kier alpha value is -2.82. The highest BCUT2D eigenvalue weighted by molar-refractivity contribution is 7.89. The SMILES string of the molecule is O=C(COc1ccc([N+](=O)[O-])cc1)c1ccc(S(=O)(=O)N2CCOCC2)cc1. The number of benzene rings is 2. The average molecular weight is 406 g/mol. The average Bonchev–Trinajstić information content (AvgIpc) is 2.73. The van der Waals surface area contributed by atoms with Crippen molar-refractivity contribution < 1.29 is 27.6 Å². The van der Waals surface area contributed by atoms with Crippen LogP contribution in [0.25, 0.3) is 0 Å². The lowest BCUT2D eigenvalue weighted by molar-refractivity contribution is -0.384. The molecule has 0 aliphatic carbocycles. The molecule has 10 heteroatoms. The molecule has 0 aromatic heterocycles. The molecule has 1 fully saturated rings. The predicted molar refractivity (Wildman–Crippen MR) is 98.9 cm³/mol. The van der Waals surface area contributed by atoms with Gasteiger partial charge in [-0.3, -0.25) is 14.9 Å². The molecular formula is C18H18N2O7S. The first-order valence-corrected chi connectivity index (χ1v) is 9.90. The van der Waals surface area contributed by atoms with Gasteiger partial charge in [0.05, 0.1) is 23.0 Å². The topological polar surface area (TPSA) is 116 Å². The van der Waals surface area contributed by atoms with Gasteiger partial charge in [-0.1, -0.05) is 0 Å². The second-order valence-corrected chi connectivity index (χ2v) is 7.94. The van der Waals surface area contributed by atoms with Crippen molar-refractivity contribution in [3.63, 3.8) is 0 Å². The van der Waals surface area contributed by atoms with E-state index >= 15 is 0 Å². The van der Waals surface area contributed by atoms with Crippen molar-refractivity contribution in [3.05, 3.63) is 64.2 Å². The van der Waals surface area contributed by atoms with Gasteiger partial charge >= 0.3 is 0 Å². The summed E-state index contributed by atoms with van der Waals surface area (Å²) in [5, 5.41) is 10.6. The quantitative estimate of drug-likeness (QED) is 0.391. The smallest absolute Gasteiger partial charge is 0.269 e. The van der Waals surface area contributed by atoms with Crippen LogP contribution in [0.5, 0.6) is 5.75 Å². The number of Topliss-reactive ketones (excluding diaryl/α,β-unsaturated/α-hetero) is 1. The molecule has 0 saturated carbocycles. The molecule has 0 unspecified atom stereocenters. The first-order valence-electron chi connectivity index (χ1n) is 8.46. The van der Waals surface area contributed by atoms with E-state index in [1.165, 1.54) is 52.8 Å². The molecule has 148 valence electrons. The van der Waals surface area contributed by atoms with Crippen LogP contribution >= 0.6 is 0 Å². The number of carbonyl (C=O) groups excluding carboxylic acids is 1. The predicted octanol–water partition coefficient (Wildman–Crippen LogP) is 1.88. The molecule has 1 saturated heterocycles. The van der Waals surface area contributed by atoms with Gasteiger partial charge in [-0.2, -0.15) is 4.31 Å². The van der Waals surface area contributed by atoms with Crippen LogP contribution in [0, 0.1) is 10.1 Å². The maximum absolute atomic E-state index is 12.6. The number of ether oxygens (including phenoxy) is 2. The van der Waals surface area contributed by atoms with E-state index in [0.29, 0.717) is 37.6 Å². The second kappa shape index (κ2) is 8.46. The molecule has 3 rings (SSSR count). The van der Waals surface area contributed by atoms with E-state index in [2.05, 4.69) is 0 Å². The van der Waals surface area contributed by atoms with Crippen molar-refractivity contribution in [2.24, 2.45) is 0 Å². The zero-order valence-corrected chi connectivity index (χ0v) is 15.6. The number of nitro groups is 1. The summed E-state index contributed by atoms with van der Waals surface area (Å²) >= 11 is 0. The van der Waals surface area contributed by atoms with E-state index in [1.54, 1.807) is 0 Å². The summed E-state index contributed by atoms with van der Waals surface area (Å²) in [4.78, 5) is 22.5. The van der Waals surface area contributed by atoms with Crippen molar-refractivity contribution in [3.8, 4) is 5.75 Å². The number of nitro benzene ring substituents is 1. The van der Waals surface area contributed by atoms with E-state index in [0.717, 1.165) is 0 Å². The highest BCUT2D eigenvalue weighted by Gasteiger charge is 2.26. The summed E-state index contributed by atoms with van der Waals surface area (Å²) in [7, 11) is -3.62. The maximum Gasteiger partial charge on any atom is 0.269 e. The second-order valence-electron chi connectivity index (χ2n) is 6.00. The minimum Gasteiger partial charge on any atom is -0.485 e. The molecule has 0 amide bonds. The Labute approximate surface area is 161 Å². The van der Waals surface area contributed by atoms with Gasteiger partial charge in [-0.05, 0) is 36.4 Å². The van der Waals surface area contributed by atoms with Gasteiger partial charge in [0.1, 0.15) is 5.75 Å². The van der Waals surface area contributed by atoms with Gasteiger partial charge in [0, 0.05) is 30.8 Å². The molecule has 28 heavy (non-hydrogen) atoms. The fourth-order valence-corrected chi connectivity index (χ4v) is 4.05. The number of rotatable bonds is 7. The zero-order valence-electron chi connectivity index (χ0n) is 14.8. The molecule has 9 nitrogen and oxygen atoms in total. The van der Waals surface area contributed by atoms with Crippen molar-refractivity contribution in [2.75, 3.05) is 32.9 Å². The third kappa shape index (κ3) is 4.53. The van der Waals surface area contributed by atoms with E-state index in [-0.39, 0.29) is 23.0 Å². The maximum atomic E-state index is 12.6. The summed E-state index contributed by atoms with van der Waals surface area (Å²) < 4.78 is 37.0. The van der Waals surface area contributed by atoms with Crippen molar-refractivity contribution in [1.29, 1.82) is 0 Å². The summed E-state index contributed by atoms with van der Waals surface area (Å²) in [6.45, 7) is 1.04. The Bertz CT molecular complexity index is 950. The molecule has 1 aliphatic heterocycles. The number of morpholine rings is 1. The number of sulfonamides is 1. The van der Waals surface area contributed by atoms with Crippen LogP contribution in [0.15, 0.2) is 53.4 Å². The number of hydrogen-bond donors (Lipinski definition) is 0. The monoisotopic (exact) mass is 406 g/mol. The molecular weight excluding hydrogens is 388 g/mol. The number of carbonyl (C=O) groups is 1. The van der Waals surface area contributed by atoms with Crippen molar-refractivity contribution >= 4 is 21.5 Å². The van der Waals surface area contributed by atoms with Gasteiger partial charge in [-0.25, -0.2) is 8.42 Å². The Morgan fingerprint density at radius 1 is 1.07 bits per heavy atom. The Kier molecular flexibility index (Phi) is 6.02. The molecule has 0 N–H and O–H groups in total. The number of ketones is 1. The largest absolute Gasteiger partial charge is 0.485 e. The third-order valence-corrected chi connectivity index (χ3v) is 6.11. The first kappa shape index (κ1) is 19.9. The van der Waals surface area contributed by atoms with Gasteiger partial charge < -0.3 is 9.47 Å². The number of hydrogen-bond acceptors (Lipinski definition) is 7. The molecule has 1 aliphatic rings. The van der Waals surface area contributed by atoms with Crippen molar-refractivity contribution in [1.82, 2.24) is 4.31 Å². The summed E-state index contributed by atoms with van der Waals surface area (Å²) in [5.41, 5.74) is 0.235. The Balaban J connectivity index is 1.62. The third-order valence-electron chi connectivity index (χ3n) is 4.20. The highest BCUT2D eigenvalue weighted by atomic mass is 32.2. The highest BCUT2D eigenvalue weighted by Crippen LogP contribution is 2.19. The van der Waals surface area contributed by atoms with E-state index < -0.39 is 14.9 Å². The summed E-state index contributed by atoms with van der Waals surface area (Å²) in [6.07, 6.45) is 0. The zero-order chi connectivity index (χ0) is 20.1. The van der Waals surface area contributed by atoms with Crippen LogP contribution in [-0.2, 0) is 14.8 Å². The van der Waals surface area contributed by atoms with E-state index in [1.807, 2.05) is 0 Å². The molecule has 0 radical (unpaired) electrons. The Morgan fingerprint density at radius 3 is 2.25 bits per heavy atom. The normalized spacial score (nSPS) is 15.1. The lowest BCUT2D eigenvalue weighted by atomic mass is 10.1. The number of non-ortho nitro benzene ring substituents is 1. The van der Waals surface area contributed by atoms with Crippen LogP contribution in [0.3, 0.4) is 0 Å². The first-order chi connectivity index (χ1) is 13.4. The molecule has 2 aromatic rings. The van der Waals surface area contributed by atoms with Gasteiger partial charge in [0.25, 0.3) is 5.69 Å². The number of nitrogens with zero attached hydrogens (tertiary/aromatic N) is 2. The summed E-state index contributed by atoms with van der Waals surface area (Å²) in [6, 6.07) is 11.0.